The molecule has 2 saturated heterocycles. The maximum absolute atomic E-state index is 13.0. The number of hydrogen-bond donors (Lipinski definition) is 1. The second-order valence-corrected chi connectivity index (χ2v) is 6.35. The molecule has 23 heavy (non-hydrogen) atoms. The third-order valence-corrected chi connectivity index (χ3v) is 4.77. The number of nitrogens with zero attached hydrogens (tertiary/aromatic N) is 1. The summed E-state index contributed by atoms with van der Waals surface area (Å²) in [6, 6.07) is 6.44. The number of hydrogen-bond acceptors (Lipinski definition) is 3. The van der Waals surface area contributed by atoms with Gasteiger partial charge in [0.25, 0.3) is 5.91 Å². The van der Waals surface area contributed by atoms with E-state index in [1.807, 2.05) is 6.92 Å². The van der Waals surface area contributed by atoms with E-state index in [9.17, 15) is 14.0 Å². The normalized spacial score (nSPS) is 30.6. The highest BCUT2D eigenvalue weighted by atomic mass is 19.1. The van der Waals surface area contributed by atoms with Crippen molar-refractivity contribution in [3.8, 4) is 0 Å². The van der Waals surface area contributed by atoms with Crippen molar-refractivity contribution >= 4 is 11.9 Å². The molecule has 6 heteroatoms. The van der Waals surface area contributed by atoms with Crippen LogP contribution in [0.25, 0.3) is 0 Å². The highest BCUT2D eigenvalue weighted by molar-refractivity contribution is 5.83. The van der Waals surface area contributed by atoms with Gasteiger partial charge < -0.3 is 14.7 Å². The Morgan fingerprint density at radius 1 is 1.22 bits per heavy atom. The molecule has 1 N–H and O–H groups in total. The van der Waals surface area contributed by atoms with Gasteiger partial charge >= 0.3 is 5.97 Å². The van der Waals surface area contributed by atoms with E-state index in [0.717, 1.165) is 12.0 Å². The second-order valence-electron chi connectivity index (χ2n) is 6.35. The Bertz CT molecular complexity index is 603. The molecule has 2 aliphatic rings. The Morgan fingerprint density at radius 3 is 2.48 bits per heavy atom. The molecule has 0 aromatic heterocycles. The van der Waals surface area contributed by atoms with Gasteiger partial charge in [-0.05, 0) is 43.9 Å². The summed E-state index contributed by atoms with van der Waals surface area (Å²) in [6.07, 6.45) is 0.0856. The zero-order valence-corrected chi connectivity index (χ0v) is 12.9. The summed E-state index contributed by atoms with van der Waals surface area (Å²) in [5.74, 6) is -1.25. The zero-order valence-electron chi connectivity index (χ0n) is 12.9. The third kappa shape index (κ3) is 3.22. The minimum absolute atomic E-state index is 0.0602. The topological polar surface area (TPSA) is 66.8 Å². The highest BCUT2D eigenvalue weighted by Crippen LogP contribution is 2.33. The summed E-state index contributed by atoms with van der Waals surface area (Å²) >= 11 is 0. The molecule has 1 aromatic carbocycles. The molecule has 1 aromatic rings. The van der Waals surface area contributed by atoms with Gasteiger partial charge in [0, 0.05) is 18.5 Å². The molecular formula is C17H20FNO4. The Morgan fingerprint density at radius 2 is 1.87 bits per heavy atom. The van der Waals surface area contributed by atoms with E-state index in [2.05, 4.69) is 0 Å². The molecule has 0 spiro atoms. The molecule has 0 bridgehead atoms. The van der Waals surface area contributed by atoms with Crippen molar-refractivity contribution in [3.63, 3.8) is 0 Å². The number of aliphatic carboxylic acids is 1. The average molecular weight is 321 g/mol. The molecule has 5 nitrogen and oxygen atoms in total. The molecule has 4 atom stereocenters. The van der Waals surface area contributed by atoms with Crippen LogP contribution in [-0.2, 0) is 14.3 Å². The Labute approximate surface area is 134 Å². The predicted molar refractivity (Wildman–Crippen MR) is 80.5 cm³/mol. The van der Waals surface area contributed by atoms with E-state index in [1.165, 1.54) is 12.1 Å². The monoisotopic (exact) mass is 321 g/mol. The van der Waals surface area contributed by atoms with E-state index in [0.29, 0.717) is 19.4 Å². The van der Waals surface area contributed by atoms with E-state index < -0.39 is 18.2 Å². The lowest BCUT2D eigenvalue weighted by Crippen LogP contribution is -2.41. The zero-order chi connectivity index (χ0) is 16.6. The first kappa shape index (κ1) is 15.9. The van der Waals surface area contributed by atoms with Crippen LogP contribution in [0.4, 0.5) is 4.39 Å². The van der Waals surface area contributed by atoms with E-state index in [1.54, 1.807) is 17.0 Å². The molecule has 2 heterocycles. The summed E-state index contributed by atoms with van der Waals surface area (Å²) in [5.41, 5.74) is 1.02. The summed E-state index contributed by atoms with van der Waals surface area (Å²) in [5, 5.41) is 8.96. The Hall–Kier alpha value is -1.95. The summed E-state index contributed by atoms with van der Waals surface area (Å²) in [7, 11) is 0. The Balaban J connectivity index is 1.66. The molecule has 2 unspecified atom stereocenters. The van der Waals surface area contributed by atoms with Crippen LogP contribution in [0.1, 0.15) is 37.7 Å². The van der Waals surface area contributed by atoms with E-state index in [-0.39, 0.29) is 23.7 Å². The SMILES string of the molecule is CC1CC(c2ccc(F)cc2)CN1C(=O)[C@@H]1CC[C@H](C(=O)O)O1. The van der Waals surface area contributed by atoms with Crippen LogP contribution >= 0.6 is 0 Å². The Kier molecular flexibility index (Phi) is 4.35. The van der Waals surface area contributed by atoms with Gasteiger partial charge in [-0.3, -0.25) is 4.79 Å². The number of carboxylic acid groups (broad SMARTS) is 1. The van der Waals surface area contributed by atoms with Gasteiger partial charge in [-0.1, -0.05) is 12.1 Å². The van der Waals surface area contributed by atoms with Crippen LogP contribution in [-0.4, -0.2) is 46.7 Å². The van der Waals surface area contributed by atoms with Gasteiger partial charge in [-0.25, -0.2) is 9.18 Å². The predicted octanol–water partition coefficient (Wildman–Crippen LogP) is 2.16. The standard InChI is InChI=1S/C17H20FNO4/c1-10-8-12(11-2-4-13(18)5-3-11)9-19(10)16(20)14-6-7-15(23-14)17(21)22/h2-5,10,12,14-15H,6-9H2,1H3,(H,21,22)/t10?,12?,14-,15+/m0/s1. The van der Waals surface area contributed by atoms with Crippen LogP contribution in [0.2, 0.25) is 0 Å². The molecule has 0 radical (unpaired) electrons. The van der Waals surface area contributed by atoms with Gasteiger partial charge in [0.15, 0.2) is 6.10 Å². The fourth-order valence-electron chi connectivity index (χ4n) is 3.50. The van der Waals surface area contributed by atoms with Crippen molar-refractivity contribution in [1.82, 2.24) is 4.90 Å². The maximum Gasteiger partial charge on any atom is 0.332 e. The first-order chi connectivity index (χ1) is 11.0. The van der Waals surface area contributed by atoms with E-state index in [4.69, 9.17) is 9.84 Å². The van der Waals surface area contributed by atoms with Gasteiger partial charge in [0.05, 0.1) is 0 Å². The van der Waals surface area contributed by atoms with Crippen molar-refractivity contribution < 1.29 is 23.8 Å². The summed E-state index contributed by atoms with van der Waals surface area (Å²) in [4.78, 5) is 25.3. The summed E-state index contributed by atoms with van der Waals surface area (Å²) < 4.78 is 18.4. The molecule has 124 valence electrons. The quantitative estimate of drug-likeness (QED) is 0.926. The number of carbonyl (C=O) groups is 2. The molecule has 3 rings (SSSR count). The molecule has 2 fully saturated rings. The molecule has 1 amide bonds. The second kappa shape index (κ2) is 6.28. The number of ether oxygens (including phenoxy) is 1. The van der Waals surface area contributed by atoms with Gasteiger partial charge in [0.1, 0.15) is 11.9 Å². The van der Waals surface area contributed by atoms with Crippen molar-refractivity contribution in [2.75, 3.05) is 6.54 Å². The van der Waals surface area contributed by atoms with Crippen molar-refractivity contribution in [2.24, 2.45) is 0 Å². The van der Waals surface area contributed by atoms with Crippen molar-refractivity contribution in [2.45, 2.75) is 50.4 Å². The van der Waals surface area contributed by atoms with Crippen LogP contribution in [0, 0.1) is 5.82 Å². The number of rotatable bonds is 3. The number of halogens is 1. The molecule has 0 aliphatic carbocycles. The van der Waals surface area contributed by atoms with Gasteiger partial charge in [-0.15, -0.1) is 0 Å². The van der Waals surface area contributed by atoms with Crippen molar-refractivity contribution in [3.05, 3.63) is 35.6 Å². The van der Waals surface area contributed by atoms with Crippen LogP contribution in [0.3, 0.4) is 0 Å². The highest BCUT2D eigenvalue weighted by Gasteiger charge is 2.41. The molecule has 2 aliphatic heterocycles. The number of benzene rings is 1. The van der Waals surface area contributed by atoms with E-state index >= 15 is 0 Å². The van der Waals surface area contributed by atoms with Gasteiger partial charge in [0.2, 0.25) is 0 Å². The van der Waals surface area contributed by atoms with Crippen molar-refractivity contribution in [1.29, 1.82) is 0 Å². The number of carboxylic acids is 1. The van der Waals surface area contributed by atoms with Crippen LogP contribution in [0.15, 0.2) is 24.3 Å². The minimum Gasteiger partial charge on any atom is -0.479 e. The lowest BCUT2D eigenvalue weighted by molar-refractivity contribution is -0.155. The fraction of sp³-hybridized carbons (Fsp3) is 0.529. The lowest BCUT2D eigenvalue weighted by atomic mass is 9.97. The number of likely N-dealkylation sites (tertiary alicyclic amines) is 1. The van der Waals surface area contributed by atoms with Crippen LogP contribution in [0.5, 0.6) is 0 Å². The largest absolute Gasteiger partial charge is 0.479 e. The fourth-order valence-corrected chi connectivity index (χ4v) is 3.50. The number of amides is 1. The lowest BCUT2D eigenvalue weighted by Gasteiger charge is -2.24. The van der Waals surface area contributed by atoms with Gasteiger partial charge in [-0.2, -0.15) is 0 Å². The first-order valence-corrected chi connectivity index (χ1v) is 7.90. The first-order valence-electron chi connectivity index (χ1n) is 7.90. The smallest absolute Gasteiger partial charge is 0.332 e. The van der Waals surface area contributed by atoms with Crippen LogP contribution < -0.4 is 0 Å². The molecule has 0 saturated carbocycles. The molecular weight excluding hydrogens is 301 g/mol. The maximum atomic E-state index is 13.0. The summed E-state index contributed by atoms with van der Waals surface area (Å²) in [6.45, 7) is 2.54. The average Bonchev–Trinajstić information content (AvgIpc) is 3.14. The third-order valence-electron chi connectivity index (χ3n) is 4.77. The minimum atomic E-state index is -1.01. The number of carbonyl (C=O) groups excluding carboxylic acids is 1.